The van der Waals surface area contributed by atoms with Crippen LogP contribution in [0.15, 0.2) is 24.3 Å². The number of rotatable bonds is 5. The van der Waals surface area contributed by atoms with E-state index in [-0.39, 0.29) is 5.75 Å². The van der Waals surface area contributed by atoms with Gasteiger partial charge in [-0.15, -0.1) is 0 Å². The standard InChI is InChI=1S/C13H14F3N3O3/c14-13(15,16)7-22-9-3-1-8(2-4-9)18-11(21)19-12(5-6-12)10(17)20/h1-4H,5-7H2,(H2,17,20)(H2,18,19,21). The molecule has 0 saturated heterocycles. The summed E-state index contributed by atoms with van der Waals surface area (Å²) in [5.41, 5.74) is 4.53. The molecule has 1 saturated carbocycles. The normalized spacial score (nSPS) is 15.8. The lowest BCUT2D eigenvalue weighted by Crippen LogP contribution is -2.48. The number of hydrogen-bond donors (Lipinski definition) is 3. The highest BCUT2D eigenvalue weighted by molar-refractivity contribution is 5.97. The van der Waals surface area contributed by atoms with E-state index < -0.39 is 30.3 Å². The average Bonchev–Trinajstić information content (AvgIpc) is 3.18. The topological polar surface area (TPSA) is 93.5 Å². The first-order chi connectivity index (χ1) is 10.2. The van der Waals surface area contributed by atoms with Crippen molar-refractivity contribution in [3.63, 3.8) is 0 Å². The Bertz CT molecular complexity index is 568. The average molecular weight is 317 g/mol. The minimum absolute atomic E-state index is 0.0269. The molecule has 9 heteroatoms. The second-order valence-electron chi connectivity index (χ2n) is 4.95. The monoisotopic (exact) mass is 317 g/mol. The molecule has 0 aliphatic heterocycles. The molecule has 1 aliphatic rings. The zero-order chi connectivity index (χ0) is 16.4. The largest absolute Gasteiger partial charge is 0.484 e. The number of amides is 3. The number of primary amides is 1. The van der Waals surface area contributed by atoms with Gasteiger partial charge in [-0.2, -0.15) is 13.2 Å². The number of nitrogens with two attached hydrogens (primary N) is 1. The summed E-state index contributed by atoms with van der Waals surface area (Å²) >= 11 is 0. The molecule has 1 aromatic rings. The van der Waals surface area contributed by atoms with Crippen LogP contribution in [-0.4, -0.2) is 30.3 Å². The molecule has 0 atom stereocenters. The second kappa shape index (κ2) is 5.74. The van der Waals surface area contributed by atoms with Crippen molar-refractivity contribution in [1.82, 2.24) is 5.32 Å². The zero-order valence-electron chi connectivity index (χ0n) is 11.4. The van der Waals surface area contributed by atoms with E-state index in [4.69, 9.17) is 5.73 Å². The van der Waals surface area contributed by atoms with E-state index in [0.717, 1.165) is 0 Å². The van der Waals surface area contributed by atoms with Gasteiger partial charge < -0.3 is 21.1 Å². The zero-order valence-corrected chi connectivity index (χ0v) is 11.4. The Morgan fingerprint density at radius 3 is 2.27 bits per heavy atom. The van der Waals surface area contributed by atoms with Gasteiger partial charge in [0, 0.05) is 5.69 Å². The summed E-state index contributed by atoms with van der Waals surface area (Å²) in [5, 5.41) is 4.93. The molecule has 0 radical (unpaired) electrons. The summed E-state index contributed by atoms with van der Waals surface area (Å²) in [6.07, 6.45) is -3.44. The van der Waals surface area contributed by atoms with Crippen molar-refractivity contribution < 1.29 is 27.5 Å². The Hall–Kier alpha value is -2.45. The smallest absolute Gasteiger partial charge is 0.422 e. The van der Waals surface area contributed by atoms with Crippen molar-refractivity contribution in [2.75, 3.05) is 11.9 Å². The van der Waals surface area contributed by atoms with Crippen LogP contribution in [0.25, 0.3) is 0 Å². The molecule has 4 N–H and O–H groups in total. The van der Waals surface area contributed by atoms with E-state index in [1.165, 1.54) is 24.3 Å². The molecular weight excluding hydrogens is 303 g/mol. The van der Waals surface area contributed by atoms with Crippen molar-refractivity contribution in [2.45, 2.75) is 24.6 Å². The Labute approximate surface area is 123 Å². The van der Waals surface area contributed by atoms with E-state index in [1.54, 1.807) is 0 Å². The maximum atomic E-state index is 12.0. The lowest BCUT2D eigenvalue weighted by Gasteiger charge is -2.14. The van der Waals surface area contributed by atoms with Crippen molar-refractivity contribution in [3.05, 3.63) is 24.3 Å². The number of nitrogens with one attached hydrogen (secondary N) is 2. The number of hydrogen-bond acceptors (Lipinski definition) is 3. The highest BCUT2D eigenvalue weighted by Crippen LogP contribution is 2.34. The van der Waals surface area contributed by atoms with Gasteiger partial charge >= 0.3 is 12.2 Å². The maximum absolute atomic E-state index is 12.0. The number of halogens is 3. The van der Waals surface area contributed by atoms with Crippen LogP contribution in [0.2, 0.25) is 0 Å². The van der Waals surface area contributed by atoms with Crippen molar-refractivity contribution in [1.29, 1.82) is 0 Å². The second-order valence-corrected chi connectivity index (χ2v) is 4.95. The van der Waals surface area contributed by atoms with Gasteiger partial charge in [-0.25, -0.2) is 4.79 Å². The number of alkyl halides is 3. The van der Waals surface area contributed by atoms with Crippen molar-refractivity contribution in [3.8, 4) is 5.75 Å². The van der Waals surface area contributed by atoms with Crippen LogP contribution in [0.5, 0.6) is 5.75 Å². The van der Waals surface area contributed by atoms with Crippen LogP contribution < -0.4 is 21.1 Å². The number of carbonyl (C=O) groups is 2. The first-order valence-electron chi connectivity index (χ1n) is 6.39. The van der Waals surface area contributed by atoms with E-state index in [9.17, 15) is 22.8 Å². The number of anilines is 1. The molecule has 1 aromatic carbocycles. The molecule has 6 nitrogen and oxygen atoms in total. The van der Waals surface area contributed by atoms with Gasteiger partial charge in [0.15, 0.2) is 6.61 Å². The summed E-state index contributed by atoms with van der Waals surface area (Å²) in [7, 11) is 0. The molecule has 3 amide bonds. The molecule has 0 spiro atoms. The predicted octanol–water partition coefficient (Wildman–Crippen LogP) is 1.77. The van der Waals surface area contributed by atoms with Crippen LogP contribution in [-0.2, 0) is 4.79 Å². The Kier molecular flexibility index (Phi) is 4.16. The van der Waals surface area contributed by atoms with Gasteiger partial charge in [0.2, 0.25) is 5.91 Å². The van der Waals surface area contributed by atoms with Crippen molar-refractivity contribution >= 4 is 17.6 Å². The molecule has 0 heterocycles. The third-order valence-corrected chi connectivity index (χ3v) is 3.09. The molecule has 0 aromatic heterocycles. The van der Waals surface area contributed by atoms with Crippen molar-refractivity contribution in [2.24, 2.45) is 5.73 Å². The lowest BCUT2D eigenvalue weighted by atomic mass is 10.2. The first-order valence-corrected chi connectivity index (χ1v) is 6.39. The van der Waals surface area contributed by atoms with Crippen LogP contribution in [0, 0.1) is 0 Å². The summed E-state index contributed by atoms with van der Waals surface area (Å²) < 4.78 is 40.5. The minimum Gasteiger partial charge on any atom is -0.484 e. The van der Waals surface area contributed by atoms with Gasteiger partial charge in [0.05, 0.1) is 0 Å². The van der Waals surface area contributed by atoms with Gasteiger partial charge in [-0.05, 0) is 37.1 Å². The molecular formula is C13H14F3N3O3. The third kappa shape index (κ3) is 4.27. The quantitative estimate of drug-likeness (QED) is 0.772. The van der Waals surface area contributed by atoms with Crippen LogP contribution >= 0.6 is 0 Å². The Balaban J connectivity index is 1.86. The number of urea groups is 1. The third-order valence-electron chi connectivity index (χ3n) is 3.09. The lowest BCUT2D eigenvalue weighted by molar-refractivity contribution is -0.153. The molecule has 2 rings (SSSR count). The fraction of sp³-hybridized carbons (Fsp3) is 0.385. The highest BCUT2D eigenvalue weighted by Gasteiger charge is 2.49. The predicted molar refractivity (Wildman–Crippen MR) is 71.3 cm³/mol. The molecule has 1 aliphatic carbocycles. The molecule has 1 fully saturated rings. The van der Waals surface area contributed by atoms with E-state index in [0.29, 0.717) is 18.5 Å². The molecule has 0 bridgehead atoms. The SMILES string of the molecule is NC(=O)C1(NC(=O)Nc2ccc(OCC(F)(F)F)cc2)CC1. The summed E-state index contributed by atoms with van der Waals surface area (Å²) in [6, 6.07) is 4.75. The van der Waals surface area contributed by atoms with E-state index in [2.05, 4.69) is 15.4 Å². The summed E-state index contributed by atoms with van der Waals surface area (Å²) in [6.45, 7) is -1.39. The highest BCUT2D eigenvalue weighted by atomic mass is 19.4. The minimum atomic E-state index is -4.41. The Morgan fingerprint density at radius 1 is 1.23 bits per heavy atom. The number of carbonyl (C=O) groups excluding carboxylic acids is 2. The molecule has 22 heavy (non-hydrogen) atoms. The van der Waals surface area contributed by atoms with Gasteiger partial charge in [0.25, 0.3) is 0 Å². The van der Waals surface area contributed by atoms with E-state index in [1.807, 2.05) is 0 Å². The van der Waals surface area contributed by atoms with Gasteiger partial charge in [0.1, 0.15) is 11.3 Å². The van der Waals surface area contributed by atoms with Crippen LogP contribution in [0.3, 0.4) is 0 Å². The Morgan fingerprint density at radius 2 is 1.82 bits per heavy atom. The fourth-order valence-electron chi connectivity index (χ4n) is 1.74. The van der Waals surface area contributed by atoms with Crippen LogP contribution in [0.4, 0.5) is 23.7 Å². The maximum Gasteiger partial charge on any atom is 0.422 e. The fourth-order valence-corrected chi connectivity index (χ4v) is 1.74. The number of ether oxygens (including phenoxy) is 1. The summed E-state index contributed by atoms with van der Waals surface area (Å²) in [4.78, 5) is 22.8. The van der Waals surface area contributed by atoms with E-state index >= 15 is 0 Å². The van der Waals surface area contributed by atoms with Crippen LogP contribution in [0.1, 0.15) is 12.8 Å². The molecule has 120 valence electrons. The first kappa shape index (κ1) is 15.9. The van der Waals surface area contributed by atoms with Gasteiger partial charge in [-0.3, -0.25) is 4.79 Å². The summed E-state index contributed by atoms with van der Waals surface area (Å²) in [5.74, 6) is -0.572. The van der Waals surface area contributed by atoms with Gasteiger partial charge in [-0.1, -0.05) is 0 Å². The number of benzene rings is 1. The molecule has 0 unspecified atom stereocenters.